The topological polar surface area (TPSA) is 21.3 Å². The third-order valence-corrected chi connectivity index (χ3v) is 4.68. The lowest BCUT2D eigenvalue weighted by Gasteiger charge is -2.30. The summed E-state index contributed by atoms with van der Waals surface area (Å²) in [6, 6.07) is 19.9. The van der Waals surface area contributed by atoms with E-state index in [9.17, 15) is 0 Å². The predicted molar refractivity (Wildman–Crippen MR) is 91.3 cm³/mol. The minimum atomic E-state index is 0.616. The Morgan fingerprint density at radius 1 is 1.05 bits per heavy atom. The summed E-state index contributed by atoms with van der Waals surface area (Å²) in [7, 11) is 1.74. The summed E-state index contributed by atoms with van der Waals surface area (Å²) < 4.78 is 5.36. The molecular weight excluding hydrogens is 270 g/mol. The largest absolute Gasteiger partial charge is 0.497 e. The van der Waals surface area contributed by atoms with Crippen molar-refractivity contribution in [3.63, 3.8) is 0 Å². The van der Waals surface area contributed by atoms with E-state index in [1.165, 1.54) is 36.8 Å². The van der Waals surface area contributed by atoms with Crippen LogP contribution < -0.4 is 10.1 Å². The summed E-state index contributed by atoms with van der Waals surface area (Å²) in [6.45, 7) is 0.969. The van der Waals surface area contributed by atoms with Gasteiger partial charge in [-0.05, 0) is 48.4 Å². The predicted octanol–water partition coefficient (Wildman–Crippen LogP) is 4.51. The van der Waals surface area contributed by atoms with Crippen LogP contribution in [-0.2, 0) is 6.54 Å². The molecule has 0 spiro atoms. The number of methoxy groups -OCH3 is 1. The van der Waals surface area contributed by atoms with Crippen LogP contribution in [0.2, 0.25) is 0 Å². The van der Waals surface area contributed by atoms with Gasteiger partial charge in [0.15, 0.2) is 0 Å². The number of benzene rings is 2. The maximum atomic E-state index is 5.36. The van der Waals surface area contributed by atoms with Crippen LogP contribution in [0.4, 0.5) is 0 Å². The van der Waals surface area contributed by atoms with Gasteiger partial charge in [0, 0.05) is 12.6 Å². The molecule has 0 radical (unpaired) electrons. The molecule has 0 aliphatic heterocycles. The van der Waals surface area contributed by atoms with Gasteiger partial charge in [-0.1, -0.05) is 48.9 Å². The highest BCUT2D eigenvalue weighted by molar-refractivity contribution is 5.31. The van der Waals surface area contributed by atoms with E-state index in [1.807, 2.05) is 6.07 Å². The molecule has 0 heterocycles. The van der Waals surface area contributed by atoms with Crippen molar-refractivity contribution in [3.8, 4) is 5.75 Å². The summed E-state index contributed by atoms with van der Waals surface area (Å²) in [5, 5.41) is 3.73. The van der Waals surface area contributed by atoms with Gasteiger partial charge in [-0.25, -0.2) is 0 Å². The highest BCUT2D eigenvalue weighted by atomic mass is 16.5. The van der Waals surface area contributed by atoms with Crippen molar-refractivity contribution in [3.05, 3.63) is 65.7 Å². The normalized spacial score (nSPS) is 21.5. The highest BCUT2D eigenvalue weighted by Crippen LogP contribution is 2.34. The molecule has 0 saturated heterocycles. The fourth-order valence-electron chi connectivity index (χ4n) is 3.43. The van der Waals surface area contributed by atoms with Crippen LogP contribution in [0.1, 0.15) is 42.7 Å². The first-order valence-electron chi connectivity index (χ1n) is 8.26. The maximum absolute atomic E-state index is 5.36. The lowest BCUT2D eigenvalue weighted by molar-refractivity contribution is 0.337. The molecule has 1 N–H and O–H groups in total. The number of hydrogen-bond donors (Lipinski definition) is 1. The molecular formula is C20H25NO. The maximum Gasteiger partial charge on any atom is 0.119 e. The van der Waals surface area contributed by atoms with Crippen LogP contribution in [0.5, 0.6) is 5.75 Å². The average molecular weight is 295 g/mol. The lowest BCUT2D eigenvalue weighted by Crippen LogP contribution is -2.33. The van der Waals surface area contributed by atoms with Gasteiger partial charge in [-0.2, -0.15) is 0 Å². The summed E-state index contributed by atoms with van der Waals surface area (Å²) in [4.78, 5) is 0. The lowest BCUT2D eigenvalue weighted by atomic mass is 9.81. The van der Waals surface area contributed by atoms with Gasteiger partial charge < -0.3 is 10.1 Å². The number of nitrogens with one attached hydrogen (secondary N) is 1. The van der Waals surface area contributed by atoms with E-state index in [4.69, 9.17) is 4.74 Å². The molecule has 2 unspecified atom stereocenters. The van der Waals surface area contributed by atoms with E-state index in [-0.39, 0.29) is 0 Å². The van der Waals surface area contributed by atoms with E-state index in [0.29, 0.717) is 12.0 Å². The first kappa shape index (κ1) is 15.1. The molecule has 0 bridgehead atoms. The van der Waals surface area contributed by atoms with E-state index in [2.05, 4.69) is 53.8 Å². The third-order valence-electron chi connectivity index (χ3n) is 4.68. The fraction of sp³-hybridized carbons (Fsp3) is 0.400. The van der Waals surface area contributed by atoms with Crippen LogP contribution in [0.25, 0.3) is 0 Å². The quantitative estimate of drug-likeness (QED) is 0.876. The van der Waals surface area contributed by atoms with E-state index in [0.717, 1.165) is 12.3 Å². The summed E-state index contributed by atoms with van der Waals surface area (Å²) in [5.74, 6) is 1.62. The minimum absolute atomic E-state index is 0.616. The molecule has 0 amide bonds. The van der Waals surface area contributed by atoms with Gasteiger partial charge in [0.25, 0.3) is 0 Å². The van der Waals surface area contributed by atoms with Gasteiger partial charge in [0.05, 0.1) is 7.11 Å². The Labute approximate surface area is 133 Å². The van der Waals surface area contributed by atoms with Gasteiger partial charge in [0.2, 0.25) is 0 Å². The van der Waals surface area contributed by atoms with Crippen molar-refractivity contribution >= 4 is 0 Å². The van der Waals surface area contributed by atoms with Gasteiger partial charge >= 0.3 is 0 Å². The van der Waals surface area contributed by atoms with Crippen molar-refractivity contribution in [1.82, 2.24) is 5.32 Å². The number of ether oxygens (including phenoxy) is 1. The van der Waals surface area contributed by atoms with Crippen molar-refractivity contribution in [1.29, 1.82) is 0 Å². The molecule has 22 heavy (non-hydrogen) atoms. The first-order valence-corrected chi connectivity index (χ1v) is 8.26. The summed E-state index contributed by atoms with van der Waals surface area (Å²) >= 11 is 0. The molecule has 3 rings (SSSR count). The van der Waals surface area contributed by atoms with Crippen LogP contribution in [0.15, 0.2) is 54.6 Å². The van der Waals surface area contributed by atoms with Crippen LogP contribution in [0, 0.1) is 0 Å². The second-order valence-corrected chi connectivity index (χ2v) is 6.20. The fourth-order valence-corrected chi connectivity index (χ4v) is 3.43. The van der Waals surface area contributed by atoms with Crippen molar-refractivity contribution in [2.24, 2.45) is 0 Å². The summed E-state index contributed by atoms with van der Waals surface area (Å²) in [6.07, 6.45) is 5.10. The molecule has 2 nitrogen and oxygen atoms in total. The zero-order valence-electron chi connectivity index (χ0n) is 13.3. The number of hydrogen-bond acceptors (Lipinski definition) is 2. The highest BCUT2D eigenvalue weighted by Gasteiger charge is 2.23. The van der Waals surface area contributed by atoms with Gasteiger partial charge in [-0.3, -0.25) is 0 Å². The Bertz CT molecular complexity index is 581. The molecule has 2 aromatic rings. The molecule has 1 fully saturated rings. The summed E-state index contributed by atoms with van der Waals surface area (Å²) in [5.41, 5.74) is 2.79. The monoisotopic (exact) mass is 295 g/mol. The van der Waals surface area contributed by atoms with Crippen LogP contribution >= 0.6 is 0 Å². The Hall–Kier alpha value is -1.80. The minimum Gasteiger partial charge on any atom is -0.497 e. The van der Waals surface area contributed by atoms with Crippen molar-refractivity contribution in [2.75, 3.05) is 7.11 Å². The second kappa shape index (κ2) is 7.46. The Kier molecular flexibility index (Phi) is 5.12. The number of rotatable bonds is 5. The molecule has 2 aromatic carbocycles. The molecule has 1 aliphatic rings. The van der Waals surface area contributed by atoms with Crippen molar-refractivity contribution in [2.45, 2.75) is 44.2 Å². The zero-order chi connectivity index (χ0) is 15.2. The molecule has 116 valence electrons. The van der Waals surface area contributed by atoms with Crippen LogP contribution in [0.3, 0.4) is 0 Å². The Morgan fingerprint density at radius 3 is 2.73 bits per heavy atom. The average Bonchev–Trinajstić information content (AvgIpc) is 2.61. The van der Waals surface area contributed by atoms with Gasteiger partial charge in [0.1, 0.15) is 5.75 Å². The Balaban J connectivity index is 1.59. The third kappa shape index (κ3) is 3.89. The standard InChI is InChI=1S/C20H25NO/c1-22-20-12-6-10-18(14-20)17-9-5-11-19(13-17)21-15-16-7-3-2-4-8-16/h2-4,6-8,10,12,14,17,19,21H,5,9,11,13,15H2,1H3. The van der Waals surface area contributed by atoms with E-state index >= 15 is 0 Å². The Morgan fingerprint density at radius 2 is 1.91 bits per heavy atom. The van der Waals surface area contributed by atoms with E-state index in [1.54, 1.807) is 7.11 Å². The van der Waals surface area contributed by atoms with Gasteiger partial charge in [-0.15, -0.1) is 0 Å². The second-order valence-electron chi connectivity index (χ2n) is 6.20. The molecule has 2 atom stereocenters. The van der Waals surface area contributed by atoms with E-state index < -0.39 is 0 Å². The van der Waals surface area contributed by atoms with Crippen LogP contribution in [-0.4, -0.2) is 13.2 Å². The smallest absolute Gasteiger partial charge is 0.119 e. The van der Waals surface area contributed by atoms with Crippen molar-refractivity contribution < 1.29 is 4.74 Å². The molecule has 0 aromatic heterocycles. The molecule has 2 heteroatoms. The SMILES string of the molecule is COc1cccc(C2CCCC(NCc3ccccc3)C2)c1. The molecule has 1 aliphatic carbocycles. The zero-order valence-corrected chi connectivity index (χ0v) is 13.3. The molecule has 1 saturated carbocycles. The first-order chi connectivity index (χ1) is 10.8.